The highest BCUT2D eigenvalue weighted by molar-refractivity contribution is 7.99. The number of rotatable bonds is 5. The molecule has 1 unspecified atom stereocenters. The summed E-state index contributed by atoms with van der Waals surface area (Å²) in [5.41, 5.74) is 8.90. The van der Waals surface area contributed by atoms with E-state index >= 15 is 0 Å². The van der Waals surface area contributed by atoms with Gasteiger partial charge in [-0.15, -0.1) is 11.8 Å². The maximum Gasteiger partial charge on any atom is 0.336 e. The maximum atomic E-state index is 11.6. The quantitative estimate of drug-likeness (QED) is 0.517. The van der Waals surface area contributed by atoms with E-state index in [1.165, 1.54) is 0 Å². The molecule has 0 aromatic heterocycles. The van der Waals surface area contributed by atoms with E-state index in [0.29, 0.717) is 11.3 Å². The predicted octanol–water partition coefficient (Wildman–Crippen LogP) is 4.85. The first-order valence-electron chi connectivity index (χ1n) is 7.55. The minimum Gasteiger partial charge on any atom is -0.478 e. The Bertz CT molecular complexity index is 849. The molecule has 24 heavy (non-hydrogen) atoms. The lowest BCUT2D eigenvalue weighted by molar-refractivity contribution is 0.0696. The van der Waals surface area contributed by atoms with Crippen molar-refractivity contribution in [3.05, 3.63) is 95.6 Å². The summed E-state index contributed by atoms with van der Waals surface area (Å²) in [6.45, 7) is 0. The number of hydrogen-bond acceptors (Lipinski definition) is 3. The van der Waals surface area contributed by atoms with Crippen LogP contribution in [0.2, 0.25) is 0 Å². The molecular weight excluding hydrogens is 318 g/mol. The van der Waals surface area contributed by atoms with Gasteiger partial charge in [0.1, 0.15) is 0 Å². The van der Waals surface area contributed by atoms with E-state index in [1.807, 2.05) is 66.7 Å². The molecule has 0 aliphatic carbocycles. The van der Waals surface area contributed by atoms with Crippen molar-refractivity contribution >= 4 is 23.4 Å². The van der Waals surface area contributed by atoms with Gasteiger partial charge in [-0.05, 0) is 29.3 Å². The standard InChI is InChI=1S/C20H17NO2S/c21-17-12-6-7-13-18(17)24-19(14-8-2-1-3-9-14)15-10-4-5-11-16(15)20(22)23/h1-13,19H,21H2,(H,22,23). The largest absolute Gasteiger partial charge is 0.478 e. The summed E-state index contributed by atoms with van der Waals surface area (Å²) in [4.78, 5) is 12.6. The van der Waals surface area contributed by atoms with Crippen LogP contribution in [0.25, 0.3) is 0 Å². The maximum absolute atomic E-state index is 11.6. The van der Waals surface area contributed by atoms with Gasteiger partial charge in [0.25, 0.3) is 0 Å². The zero-order valence-corrected chi connectivity index (χ0v) is 13.7. The Kier molecular flexibility index (Phi) is 4.87. The first-order chi connectivity index (χ1) is 11.7. The second kappa shape index (κ2) is 7.23. The number of para-hydroxylation sites is 1. The molecule has 0 amide bonds. The number of hydrogen-bond donors (Lipinski definition) is 2. The van der Waals surface area contributed by atoms with Crippen LogP contribution in [-0.4, -0.2) is 11.1 Å². The Hall–Kier alpha value is -2.72. The highest BCUT2D eigenvalue weighted by atomic mass is 32.2. The van der Waals surface area contributed by atoms with E-state index in [0.717, 1.165) is 16.0 Å². The molecule has 1 atom stereocenters. The van der Waals surface area contributed by atoms with E-state index < -0.39 is 5.97 Å². The van der Waals surface area contributed by atoms with Crippen LogP contribution in [0, 0.1) is 0 Å². The predicted molar refractivity (Wildman–Crippen MR) is 98.4 cm³/mol. The zero-order chi connectivity index (χ0) is 16.9. The second-order valence-electron chi connectivity index (χ2n) is 5.34. The highest BCUT2D eigenvalue weighted by Gasteiger charge is 2.22. The number of carbonyl (C=O) groups is 1. The number of thioether (sulfide) groups is 1. The number of aromatic carboxylic acids is 1. The number of carboxylic acids is 1. The molecule has 3 nitrogen and oxygen atoms in total. The Morgan fingerprint density at radius 3 is 2.21 bits per heavy atom. The van der Waals surface area contributed by atoms with Crippen molar-refractivity contribution in [3.8, 4) is 0 Å². The lowest BCUT2D eigenvalue weighted by Gasteiger charge is -2.20. The third kappa shape index (κ3) is 3.44. The number of nitrogen functional groups attached to an aromatic ring is 1. The zero-order valence-electron chi connectivity index (χ0n) is 12.9. The van der Waals surface area contributed by atoms with Crippen LogP contribution in [0.4, 0.5) is 5.69 Å². The minimum atomic E-state index is -0.923. The minimum absolute atomic E-state index is 0.150. The molecule has 0 bridgehead atoms. The van der Waals surface area contributed by atoms with E-state index in [9.17, 15) is 9.90 Å². The van der Waals surface area contributed by atoms with Gasteiger partial charge in [0.15, 0.2) is 0 Å². The molecule has 3 aromatic carbocycles. The van der Waals surface area contributed by atoms with Crippen molar-refractivity contribution in [2.24, 2.45) is 0 Å². The summed E-state index contributed by atoms with van der Waals surface area (Å²) < 4.78 is 0. The van der Waals surface area contributed by atoms with Crippen LogP contribution < -0.4 is 5.73 Å². The Morgan fingerprint density at radius 1 is 0.875 bits per heavy atom. The van der Waals surface area contributed by atoms with Crippen molar-refractivity contribution in [2.75, 3.05) is 5.73 Å². The fourth-order valence-corrected chi connectivity index (χ4v) is 3.82. The van der Waals surface area contributed by atoms with Gasteiger partial charge in [-0.25, -0.2) is 4.79 Å². The number of carboxylic acid groups (broad SMARTS) is 1. The Labute approximate surface area is 145 Å². The SMILES string of the molecule is Nc1ccccc1SC(c1ccccc1)c1ccccc1C(=O)O. The second-order valence-corrected chi connectivity index (χ2v) is 6.49. The molecule has 0 heterocycles. The molecule has 3 N–H and O–H groups in total. The van der Waals surface area contributed by atoms with Gasteiger partial charge in [-0.3, -0.25) is 0 Å². The molecule has 0 radical (unpaired) electrons. The highest BCUT2D eigenvalue weighted by Crippen LogP contribution is 2.43. The van der Waals surface area contributed by atoms with Crippen molar-refractivity contribution in [3.63, 3.8) is 0 Å². The van der Waals surface area contributed by atoms with Gasteiger partial charge in [0.05, 0.1) is 10.8 Å². The summed E-state index contributed by atoms with van der Waals surface area (Å²) in [6.07, 6.45) is 0. The van der Waals surface area contributed by atoms with Gasteiger partial charge < -0.3 is 10.8 Å². The van der Waals surface area contributed by atoms with Crippen molar-refractivity contribution in [1.82, 2.24) is 0 Å². The number of benzene rings is 3. The first kappa shape index (κ1) is 16.1. The van der Waals surface area contributed by atoms with Crippen LogP contribution in [0.15, 0.2) is 83.8 Å². The first-order valence-corrected chi connectivity index (χ1v) is 8.43. The smallest absolute Gasteiger partial charge is 0.336 e. The van der Waals surface area contributed by atoms with E-state index in [4.69, 9.17) is 5.73 Å². The molecule has 0 saturated carbocycles. The fraction of sp³-hybridized carbons (Fsp3) is 0.0500. The summed E-state index contributed by atoms with van der Waals surface area (Å²) in [6, 6.07) is 24.6. The molecule has 0 spiro atoms. The van der Waals surface area contributed by atoms with Crippen molar-refractivity contribution in [1.29, 1.82) is 0 Å². The molecule has 3 rings (SSSR count). The summed E-state index contributed by atoms with van der Waals surface area (Å²) >= 11 is 1.56. The average molecular weight is 335 g/mol. The summed E-state index contributed by atoms with van der Waals surface area (Å²) in [7, 11) is 0. The Morgan fingerprint density at radius 2 is 1.50 bits per heavy atom. The topological polar surface area (TPSA) is 63.3 Å². The van der Waals surface area contributed by atoms with E-state index in [-0.39, 0.29) is 5.25 Å². The molecule has 0 saturated heterocycles. The molecule has 0 aliphatic heterocycles. The summed E-state index contributed by atoms with van der Waals surface area (Å²) in [5.74, 6) is -0.923. The molecule has 0 fully saturated rings. The van der Waals surface area contributed by atoms with Crippen molar-refractivity contribution in [2.45, 2.75) is 10.1 Å². The van der Waals surface area contributed by atoms with Crippen LogP contribution in [-0.2, 0) is 0 Å². The molecular formula is C20H17NO2S. The summed E-state index contributed by atoms with van der Waals surface area (Å²) in [5, 5.41) is 9.40. The lowest BCUT2D eigenvalue weighted by Crippen LogP contribution is -2.07. The van der Waals surface area contributed by atoms with E-state index in [1.54, 1.807) is 23.9 Å². The van der Waals surface area contributed by atoms with Gasteiger partial charge >= 0.3 is 5.97 Å². The Balaban J connectivity index is 2.10. The third-order valence-corrected chi connectivity index (χ3v) is 5.13. The van der Waals surface area contributed by atoms with Crippen LogP contribution in [0.3, 0.4) is 0 Å². The van der Waals surface area contributed by atoms with Crippen LogP contribution in [0.5, 0.6) is 0 Å². The van der Waals surface area contributed by atoms with Gasteiger partial charge in [-0.2, -0.15) is 0 Å². The lowest BCUT2D eigenvalue weighted by atomic mass is 9.99. The third-order valence-electron chi connectivity index (χ3n) is 3.74. The normalized spacial score (nSPS) is 11.8. The van der Waals surface area contributed by atoms with Gasteiger partial charge in [-0.1, -0.05) is 60.7 Å². The van der Waals surface area contributed by atoms with Gasteiger partial charge in [0, 0.05) is 10.6 Å². The number of nitrogens with two attached hydrogens (primary N) is 1. The number of anilines is 1. The molecule has 120 valence electrons. The average Bonchev–Trinajstić information content (AvgIpc) is 2.62. The van der Waals surface area contributed by atoms with E-state index in [2.05, 4.69) is 0 Å². The van der Waals surface area contributed by atoms with Crippen LogP contribution >= 0.6 is 11.8 Å². The molecule has 0 aliphatic rings. The fourth-order valence-electron chi connectivity index (χ4n) is 2.57. The monoisotopic (exact) mass is 335 g/mol. The molecule has 3 aromatic rings. The van der Waals surface area contributed by atoms with Gasteiger partial charge in [0.2, 0.25) is 0 Å². The van der Waals surface area contributed by atoms with Crippen molar-refractivity contribution < 1.29 is 9.90 Å². The van der Waals surface area contributed by atoms with Crippen LogP contribution in [0.1, 0.15) is 26.7 Å². The molecule has 4 heteroatoms.